The molecular weight excluding hydrogens is 272 g/mol. The Labute approximate surface area is 130 Å². The van der Waals surface area contributed by atoms with E-state index in [4.69, 9.17) is 0 Å². The van der Waals surface area contributed by atoms with Gasteiger partial charge in [0.1, 0.15) is 12.7 Å². The van der Waals surface area contributed by atoms with Gasteiger partial charge in [-0.15, -0.1) is 10.2 Å². The molecule has 2 heterocycles. The first-order valence-corrected chi connectivity index (χ1v) is 7.95. The van der Waals surface area contributed by atoms with Crippen LogP contribution in [0, 0.1) is 5.92 Å². The quantitative estimate of drug-likeness (QED) is 0.807. The maximum atomic E-state index is 4.02. The van der Waals surface area contributed by atoms with E-state index in [2.05, 4.69) is 62.5 Å². The second kappa shape index (κ2) is 5.89. The smallest absolute Gasteiger partial charge is 0.119 e. The summed E-state index contributed by atoms with van der Waals surface area (Å²) in [5, 5.41) is 14.1. The van der Waals surface area contributed by atoms with E-state index in [0.717, 1.165) is 13.1 Å². The number of nitrogens with zero attached hydrogens (tertiary/aromatic N) is 3. The number of nitrogens with one attached hydrogen (secondary N) is 1. The summed E-state index contributed by atoms with van der Waals surface area (Å²) in [4.78, 5) is 0. The SMILES string of the molecule is c1ccc2cc([C@H]([C@H]3CCCNC3)n3cnnc3)ccc2c1. The normalized spacial score (nSPS) is 20.1. The van der Waals surface area contributed by atoms with Crippen molar-refractivity contribution in [3.63, 3.8) is 0 Å². The van der Waals surface area contributed by atoms with Crippen molar-refractivity contribution in [2.75, 3.05) is 13.1 Å². The highest BCUT2D eigenvalue weighted by Gasteiger charge is 2.26. The molecule has 1 N–H and O–H groups in total. The topological polar surface area (TPSA) is 42.7 Å². The molecule has 2 atom stereocenters. The lowest BCUT2D eigenvalue weighted by molar-refractivity contribution is 0.295. The van der Waals surface area contributed by atoms with Gasteiger partial charge in [0, 0.05) is 6.54 Å². The number of piperidine rings is 1. The average molecular weight is 292 g/mol. The van der Waals surface area contributed by atoms with Gasteiger partial charge in [-0.3, -0.25) is 0 Å². The number of aromatic nitrogens is 3. The summed E-state index contributed by atoms with van der Waals surface area (Å²) in [5.74, 6) is 0.575. The van der Waals surface area contributed by atoms with Gasteiger partial charge in [0.15, 0.2) is 0 Å². The minimum atomic E-state index is 0.299. The average Bonchev–Trinajstić information content (AvgIpc) is 3.10. The van der Waals surface area contributed by atoms with Gasteiger partial charge in [-0.1, -0.05) is 36.4 Å². The van der Waals surface area contributed by atoms with Crippen LogP contribution in [0.15, 0.2) is 55.1 Å². The van der Waals surface area contributed by atoms with Crippen LogP contribution < -0.4 is 5.32 Å². The molecule has 0 spiro atoms. The Balaban J connectivity index is 1.78. The van der Waals surface area contributed by atoms with Crippen molar-refractivity contribution in [3.8, 4) is 0 Å². The molecule has 4 nitrogen and oxygen atoms in total. The van der Waals surface area contributed by atoms with Crippen molar-refractivity contribution < 1.29 is 0 Å². The van der Waals surface area contributed by atoms with Crippen molar-refractivity contribution in [1.29, 1.82) is 0 Å². The Morgan fingerprint density at radius 1 is 1.05 bits per heavy atom. The van der Waals surface area contributed by atoms with Gasteiger partial charge < -0.3 is 9.88 Å². The molecule has 4 heteroatoms. The van der Waals surface area contributed by atoms with Gasteiger partial charge in [-0.25, -0.2) is 0 Å². The van der Waals surface area contributed by atoms with Gasteiger partial charge >= 0.3 is 0 Å². The Kier molecular flexibility index (Phi) is 3.60. The van der Waals surface area contributed by atoms with Crippen LogP contribution in [0.25, 0.3) is 10.8 Å². The maximum absolute atomic E-state index is 4.02. The monoisotopic (exact) mass is 292 g/mol. The van der Waals surface area contributed by atoms with Crippen LogP contribution in [0.4, 0.5) is 0 Å². The molecule has 4 rings (SSSR count). The molecule has 0 bridgehead atoms. The molecule has 0 radical (unpaired) electrons. The molecule has 0 unspecified atom stereocenters. The van der Waals surface area contributed by atoms with E-state index in [9.17, 15) is 0 Å². The minimum Gasteiger partial charge on any atom is -0.316 e. The fourth-order valence-corrected chi connectivity index (χ4v) is 3.58. The van der Waals surface area contributed by atoms with Crippen LogP contribution in [0.2, 0.25) is 0 Å². The number of rotatable bonds is 3. The molecular formula is C18H20N4. The third-order valence-electron chi connectivity index (χ3n) is 4.65. The Hall–Kier alpha value is -2.20. The summed E-state index contributed by atoms with van der Waals surface area (Å²) in [7, 11) is 0. The van der Waals surface area contributed by atoms with E-state index in [1.165, 1.54) is 29.2 Å². The Morgan fingerprint density at radius 3 is 2.64 bits per heavy atom. The fourth-order valence-electron chi connectivity index (χ4n) is 3.58. The van der Waals surface area contributed by atoms with Crippen LogP contribution in [0.5, 0.6) is 0 Å². The Morgan fingerprint density at radius 2 is 1.86 bits per heavy atom. The predicted molar refractivity (Wildman–Crippen MR) is 87.7 cm³/mol. The summed E-state index contributed by atoms with van der Waals surface area (Å²) in [6.07, 6.45) is 6.16. The molecule has 0 saturated carbocycles. The summed E-state index contributed by atoms with van der Waals surface area (Å²) in [6.45, 7) is 2.18. The van der Waals surface area contributed by atoms with E-state index in [-0.39, 0.29) is 0 Å². The highest BCUT2D eigenvalue weighted by atomic mass is 15.2. The standard InChI is InChI=1S/C18H20N4/c1-2-5-15-10-16(8-7-14(15)4-1)18(22-12-20-21-13-22)17-6-3-9-19-11-17/h1-2,4-5,7-8,10,12-13,17-19H,3,6,9,11H2/t17-,18+/m0/s1. The fraction of sp³-hybridized carbons (Fsp3) is 0.333. The van der Waals surface area contributed by atoms with Crippen molar-refractivity contribution in [2.24, 2.45) is 5.92 Å². The minimum absolute atomic E-state index is 0.299. The molecule has 1 fully saturated rings. The lowest BCUT2D eigenvalue weighted by atomic mass is 9.86. The van der Waals surface area contributed by atoms with Crippen LogP contribution in [0.1, 0.15) is 24.4 Å². The molecule has 1 aliphatic heterocycles. The van der Waals surface area contributed by atoms with E-state index < -0.39 is 0 Å². The van der Waals surface area contributed by atoms with Crippen LogP contribution in [-0.4, -0.2) is 27.9 Å². The van der Waals surface area contributed by atoms with Crippen molar-refractivity contribution in [3.05, 3.63) is 60.7 Å². The molecule has 1 saturated heterocycles. The first-order chi connectivity index (χ1) is 10.9. The maximum Gasteiger partial charge on any atom is 0.119 e. The van der Waals surface area contributed by atoms with Crippen LogP contribution >= 0.6 is 0 Å². The second-order valence-corrected chi connectivity index (χ2v) is 6.07. The summed E-state index contributed by atoms with van der Waals surface area (Å²) in [6, 6.07) is 15.6. The van der Waals surface area contributed by atoms with E-state index in [1.54, 1.807) is 0 Å². The number of hydrogen-bond donors (Lipinski definition) is 1. The molecule has 3 aromatic rings. The van der Waals surface area contributed by atoms with Crippen LogP contribution in [0.3, 0.4) is 0 Å². The first-order valence-electron chi connectivity index (χ1n) is 7.95. The largest absolute Gasteiger partial charge is 0.316 e. The Bertz CT molecular complexity index is 745. The molecule has 1 aliphatic rings. The zero-order chi connectivity index (χ0) is 14.8. The van der Waals surface area contributed by atoms with Gasteiger partial charge in [0.25, 0.3) is 0 Å². The lowest BCUT2D eigenvalue weighted by Crippen LogP contribution is -2.35. The third-order valence-corrected chi connectivity index (χ3v) is 4.65. The number of benzene rings is 2. The van der Waals surface area contributed by atoms with E-state index in [1.807, 2.05) is 12.7 Å². The second-order valence-electron chi connectivity index (χ2n) is 6.07. The van der Waals surface area contributed by atoms with E-state index in [0.29, 0.717) is 12.0 Å². The lowest BCUT2D eigenvalue weighted by Gasteiger charge is -2.31. The predicted octanol–water partition coefficient (Wildman–Crippen LogP) is 3.02. The molecule has 0 aliphatic carbocycles. The van der Waals surface area contributed by atoms with Crippen molar-refractivity contribution in [1.82, 2.24) is 20.1 Å². The van der Waals surface area contributed by atoms with Crippen LogP contribution in [-0.2, 0) is 0 Å². The summed E-state index contributed by atoms with van der Waals surface area (Å²) < 4.78 is 2.15. The molecule has 22 heavy (non-hydrogen) atoms. The number of fused-ring (bicyclic) bond motifs is 1. The summed E-state index contributed by atoms with van der Waals surface area (Å²) in [5.41, 5.74) is 1.34. The van der Waals surface area contributed by atoms with Gasteiger partial charge in [0.2, 0.25) is 0 Å². The molecule has 0 amide bonds. The van der Waals surface area contributed by atoms with Crippen molar-refractivity contribution in [2.45, 2.75) is 18.9 Å². The zero-order valence-electron chi connectivity index (χ0n) is 12.5. The van der Waals surface area contributed by atoms with E-state index >= 15 is 0 Å². The highest BCUT2D eigenvalue weighted by Crippen LogP contribution is 2.32. The van der Waals surface area contributed by atoms with Crippen molar-refractivity contribution >= 4 is 10.8 Å². The molecule has 112 valence electrons. The first kappa shape index (κ1) is 13.5. The highest BCUT2D eigenvalue weighted by molar-refractivity contribution is 5.83. The zero-order valence-corrected chi connectivity index (χ0v) is 12.5. The van der Waals surface area contributed by atoms with Gasteiger partial charge in [-0.05, 0) is 47.7 Å². The van der Waals surface area contributed by atoms with Gasteiger partial charge in [0.05, 0.1) is 6.04 Å². The summed E-state index contributed by atoms with van der Waals surface area (Å²) >= 11 is 0. The molecule has 2 aromatic carbocycles. The van der Waals surface area contributed by atoms with Gasteiger partial charge in [-0.2, -0.15) is 0 Å². The number of hydrogen-bond acceptors (Lipinski definition) is 3. The third kappa shape index (κ3) is 2.50. The molecule has 1 aromatic heterocycles.